The molecule has 0 aromatic heterocycles. The van der Waals surface area contributed by atoms with Crippen molar-refractivity contribution in [1.29, 1.82) is 0 Å². The van der Waals surface area contributed by atoms with Crippen molar-refractivity contribution in [3.8, 4) is 11.5 Å². The van der Waals surface area contributed by atoms with Gasteiger partial charge in [-0.15, -0.1) is 0 Å². The molecule has 1 rings (SSSR count). The van der Waals surface area contributed by atoms with Gasteiger partial charge in [0.05, 0.1) is 11.1 Å². The van der Waals surface area contributed by atoms with Gasteiger partial charge in [0.15, 0.2) is 0 Å². The van der Waals surface area contributed by atoms with Crippen LogP contribution in [0.1, 0.15) is 20.7 Å². The van der Waals surface area contributed by atoms with Gasteiger partial charge in [-0.1, -0.05) is 23.6 Å². The Morgan fingerprint density at radius 1 is 0.933 bits per heavy atom. The molecule has 6 nitrogen and oxygen atoms in total. The third kappa shape index (κ3) is 2.61. The third-order valence-electron chi connectivity index (χ3n) is 1.54. The normalized spacial score (nSPS) is 9.07. The molecule has 0 fully saturated rings. The van der Waals surface area contributed by atoms with Crippen LogP contribution in [0.4, 0.5) is 0 Å². The van der Waals surface area contributed by atoms with Gasteiger partial charge in [-0.25, -0.2) is 9.59 Å². The van der Waals surface area contributed by atoms with Gasteiger partial charge in [-0.2, -0.15) is 0 Å². The van der Waals surface area contributed by atoms with Gasteiger partial charge >= 0.3 is 29.0 Å². The van der Waals surface area contributed by atoms with Gasteiger partial charge in [0.2, 0.25) is 0 Å². The Labute approximate surface area is 94.3 Å². The fourth-order valence-corrected chi connectivity index (χ4v) is 0.894. The number of carboxylic acids is 2. The molecule has 0 saturated carbocycles. The topological polar surface area (TPSA) is 121 Å². The van der Waals surface area contributed by atoms with Crippen molar-refractivity contribution < 1.29 is 47.1 Å². The summed E-state index contributed by atoms with van der Waals surface area (Å²) in [5.41, 5.74) is -1.44. The molecule has 0 unspecified atom stereocenters. The van der Waals surface area contributed by atoms with Crippen LogP contribution in [0.25, 0.3) is 0 Å². The summed E-state index contributed by atoms with van der Waals surface area (Å²) in [5, 5.41) is 38.8. The molecule has 0 radical (unpaired) electrons. The molecule has 0 saturated heterocycles. The van der Waals surface area contributed by atoms with E-state index in [0.29, 0.717) is 12.1 Å². The van der Waals surface area contributed by atoms with Crippen LogP contribution in [-0.4, -0.2) is 22.2 Å². The number of carbonyl (C=O) groups is 2. The molecule has 0 amide bonds. The second-order valence-corrected chi connectivity index (χ2v) is 2.45. The minimum Gasteiger partial charge on any atom is -0.872 e. The molecule has 80 valence electrons. The van der Waals surface area contributed by atoms with Crippen LogP contribution in [0.15, 0.2) is 12.1 Å². The molecule has 0 atom stereocenters. The average molecular weight is 252 g/mol. The smallest absolute Gasteiger partial charge is 0.872 e. The standard InChI is InChI=1S/C8H6O6.Fe/c9-5-1-3(7(11)12)6(10)2-4(5)8(13)14;/h1-2,9-10H,(H,11,12)(H,13,14);/q;+2/p-2. The molecular weight excluding hydrogens is 248 g/mol. The minimum absolute atomic E-state index is 0. The quantitative estimate of drug-likeness (QED) is 0.666. The molecule has 0 aliphatic carbocycles. The number of rotatable bonds is 2. The number of aromatic carboxylic acids is 2. The summed E-state index contributed by atoms with van der Waals surface area (Å²) < 4.78 is 0. The monoisotopic (exact) mass is 252 g/mol. The van der Waals surface area contributed by atoms with Crippen molar-refractivity contribution in [3.63, 3.8) is 0 Å². The first-order chi connectivity index (χ1) is 6.43. The van der Waals surface area contributed by atoms with Crippen molar-refractivity contribution in [3.05, 3.63) is 23.3 Å². The number of carboxylic acid groups (broad SMARTS) is 2. The van der Waals surface area contributed by atoms with Crippen molar-refractivity contribution >= 4 is 11.9 Å². The Hall–Kier alpha value is -1.72. The first kappa shape index (κ1) is 13.3. The molecule has 15 heavy (non-hydrogen) atoms. The Balaban J connectivity index is 0.00000196. The molecule has 7 heteroatoms. The zero-order chi connectivity index (χ0) is 10.9. The Bertz CT molecular complexity index is 374. The van der Waals surface area contributed by atoms with E-state index in [1.807, 2.05) is 0 Å². The second kappa shape index (κ2) is 4.68. The van der Waals surface area contributed by atoms with Gasteiger partial charge in [0.1, 0.15) is 0 Å². The molecule has 0 spiro atoms. The van der Waals surface area contributed by atoms with Gasteiger partial charge < -0.3 is 20.4 Å². The predicted octanol–water partition coefficient (Wildman–Crippen LogP) is -0.772. The van der Waals surface area contributed by atoms with E-state index in [0.717, 1.165) is 0 Å². The van der Waals surface area contributed by atoms with Crippen LogP contribution >= 0.6 is 0 Å². The fraction of sp³-hybridized carbons (Fsp3) is 0. The van der Waals surface area contributed by atoms with E-state index in [-0.39, 0.29) is 17.1 Å². The van der Waals surface area contributed by atoms with E-state index in [1.165, 1.54) is 0 Å². The van der Waals surface area contributed by atoms with Crippen LogP contribution in [0.3, 0.4) is 0 Å². The maximum Gasteiger partial charge on any atom is 2.00 e. The summed E-state index contributed by atoms with van der Waals surface area (Å²) in [7, 11) is 0. The van der Waals surface area contributed by atoms with Gasteiger partial charge in [-0.3, -0.25) is 0 Å². The third-order valence-corrected chi connectivity index (χ3v) is 1.54. The average Bonchev–Trinajstić information content (AvgIpc) is 2.07. The second-order valence-electron chi connectivity index (χ2n) is 2.45. The first-order valence-electron chi connectivity index (χ1n) is 3.42. The van der Waals surface area contributed by atoms with E-state index in [4.69, 9.17) is 10.2 Å². The van der Waals surface area contributed by atoms with Crippen LogP contribution in [0.2, 0.25) is 0 Å². The van der Waals surface area contributed by atoms with E-state index >= 15 is 0 Å². The van der Waals surface area contributed by atoms with Gasteiger partial charge in [0.25, 0.3) is 0 Å². The summed E-state index contributed by atoms with van der Waals surface area (Å²) in [6.45, 7) is 0. The SMILES string of the molecule is O=C(O)c1cc([O-])c(C(=O)O)cc1[O-].[Fe+2]. The molecule has 1 aromatic carbocycles. The molecule has 1 aromatic rings. The van der Waals surface area contributed by atoms with Crippen molar-refractivity contribution in [1.82, 2.24) is 0 Å². The van der Waals surface area contributed by atoms with E-state index < -0.39 is 34.6 Å². The summed E-state index contributed by atoms with van der Waals surface area (Å²) in [4.78, 5) is 20.7. The van der Waals surface area contributed by atoms with E-state index in [9.17, 15) is 19.8 Å². The van der Waals surface area contributed by atoms with E-state index in [2.05, 4.69) is 0 Å². The predicted molar refractivity (Wildman–Crippen MR) is 39.3 cm³/mol. The summed E-state index contributed by atoms with van der Waals surface area (Å²) in [6.07, 6.45) is 0. The van der Waals surface area contributed by atoms with Gasteiger partial charge in [0, 0.05) is 0 Å². The zero-order valence-electron chi connectivity index (χ0n) is 7.04. The van der Waals surface area contributed by atoms with Gasteiger partial charge in [-0.05, 0) is 0 Å². The molecule has 0 aliphatic rings. The maximum atomic E-state index is 11.0. The Morgan fingerprint density at radius 2 is 1.20 bits per heavy atom. The van der Waals surface area contributed by atoms with Crippen molar-refractivity contribution in [2.45, 2.75) is 0 Å². The zero-order valence-corrected chi connectivity index (χ0v) is 8.14. The molecular formula is C8H4FeO6. The van der Waals surface area contributed by atoms with Crippen LogP contribution < -0.4 is 10.2 Å². The number of benzene rings is 1. The maximum absolute atomic E-state index is 11.0. The van der Waals surface area contributed by atoms with E-state index in [1.54, 1.807) is 0 Å². The first-order valence-corrected chi connectivity index (χ1v) is 3.42. The molecule has 0 bridgehead atoms. The summed E-state index contributed by atoms with van der Waals surface area (Å²) >= 11 is 0. The number of hydrogen-bond acceptors (Lipinski definition) is 4. The molecule has 2 N–H and O–H groups in total. The largest absolute Gasteiger partial charge is 2.00 e. The van der Waals surface area contributed by atoms with Crippen LogP contribution in [-0.2, 0) is 17.1 Å². The Kier molecular flexibility index (Phi) is 4.14. The molecule has 0 heterocycles. The summed E-state index contributed by atoms with van der Waals surface area (Å²) in [5.74, 6) is -5.09. The van der Waals surface area contributed by atoms with Crippen molar-refractivity contribution in [2.75, 3.05) is 0 Å². The van der Waals surface area contributed by atoms with Crippen LogP contribution in [0.5, 0.6) is 11.5 Å². The fourth-order valence-electron chi connectivity index (χ4n) is 0.894. The molecule has 0 aliphatic heterocycles. The summed E-state index contributed by atoms with van der Waals surface area (Å²) in [6, 6.07) is 1.02. The minimum atomic E-state index is -1.55. The van der Waals surface area contributed by atoms with Crippen molar-refractivity contribution in [2.24, 2.45) is 0 Å². The van der Waals surface area contributed by atoms with Crippen LogP contribution in [0, 0.1) is 0 Å². The number of hydrogen-bond donors (Lipinski definition) is 2. The Morgan fingerprint density at radius 3 is 1.40 bits per heavy atom.